The molecule has 0 amide bonds. The van der Waals surface area contributed by atoms with Gasteiger partial charge in [-0.1, -0.05) is 22.9 Å². The van der Waals surface area contributed by atoms with Gasteiger partial charge < -0.3 is 0 Å². The molecule has 0 saturated carbocycles. The first kappa shape index (κ1) is 12.6. The maximum Gasteiger partial charge on any atom is 0.229 e. The van der Waals surface area contributed by atoms with Gasteiger partial charge in [-0.3, -0.25) is 4.57 Å². The van der Waals surface area contributed by atoms with E-state index in [1.807, 2.05) is 23.6 Å². The highest BCUT2D eigenvalue weighted by molar-refractivity contribution is 9.10. The second-order valence-electron chi connectivity index (χ2n) is 3.90. The van der Waals surface area contributed by atoms with E-state index < -0.39 is 0 Å². The van der Waals surface area contributed by atoms with E-state index in [-0.39, 0.29) is 0 Å². The zero-order valence-electron chi connectivity index (χ0n) is 9.74. The summed E-state index contributed by atoms with van der Waals surface area (Å²) in [7, 11) is 0. The molecule has 0 bridgehead atoms. The van der Waals surface area contributed by atoms with Crippen molar-refractivity contribution in [3.8, 4) is 5.69 Å². The molecule has 0 spiro atoms. The average molecular weight is 315 g/mol. The Morgan fingerprint density at radius 2 is 2.12 bits per heavy atom. The van der Waals surface area contributed by atoms with Crippen molar-refractivity contribution in [2.24, 2.45) is 0 Å². The molecule has 3 nitrogen and oxygen atoms in total. The first-order chi connectivity index (χ1) is 8.13. The lowest BCUT2D eigenvalue weighted by atomic mass is 10.2. The van der Waals surface area contributed by atoms with Crippen LogP contribution in [0.4, 0.5) is 0 Å². The van der Waals surface area contributed by atoms with Gasteiger partial charge in [0.2, 0.25) is 5.28 Å². The Kier molecular flexibility index (Phi) is 3.84. The number of benzene rings is 1. The first-order valence-corrected chi connectivity index (χ1v) is 6.67. The van der Waals surface area contributed by atoms with Gasteiger partial charge in [-0.2, -0.15) is 0 Å². The fraction of sp³-hybridized carbons (Fsp3) is 0.333. The first-order valence-electron chi connectivity index (χ1n) is 5.49. The molecule has 0 N–H and O–H groups in total. The van der Waals surface area contributed by atoms with Crippen LogP contribution in [-0.2, 0) is 6.42 Å². The smallest absolute Gasteiger partial charge is 0.229 e. The summed E-state index contributed by atoms with van der Waals surface area (Å²) in [4.78, 5) is 0. The van der Waals surface area contributed by atoms with Gasteiger partial charge >= 0.3 is 0 Å². The van der Waals surface area contributed by atoms with E-state index in [0.29, 0.717) is 5.28 Å². The molecule has 0 fully saturated rings. The van der Waals surface area contributed by atoms with E-state index in [9.17, 15) is 0 Å². The Labute approximate surface area is 114 Å². The molecule has 17 heavy (non-hydrogen) atoms. The van der Waals surface area contributed by atoms with E-state index in [2.05, 4.69) is 39.1 Å². The topological polar surface area (TPSA) is 30.7 Å². The van der Waals surface area contributed by atoms with Crippen molar-refractivity contribution in [3.63, 3.8) is 0 Å². The Morgan fingerprint density at radius 3 is 2.76 bits per heavy atom. The molecule has 0 aliphatic rings. The predicted molar refractivity (Wildman–Crippen MR) is 72.8 cm³/mol. The van der Waals surface area contributed by atoms with Gasteiger partial charge in [0.05, 0.1) is 5.69 Å². The normalized spacial score (nSPS) is 10.8. The van der Waals surface area contributed by atoms with Crippen LogP contribution < -0.4 is 0 Å². The lowest BCUT2D eigenvalue weighted by Gasteiger charge is -2.08. The van der Waals surface area contributed by atoms with E-state index in [0.717, 1.165) is 34.4 Å². The number of nitrogens with zero attached hydrogens (tertiary/aromatic N) is 3. The molecular formula is C12H13BrClN3. The zero-order chi connectivity index (χ0) is 12.4. The Balaban J connectivity index is 2.51. The van der Waals surface area contributed by atoms with Gasteiger partial charge in [-0.15, -0.1) is 10.2 Å². The van der Waals surface area contributed by atoms with Gasteiger partial charge in [0, 0.05) is 10.9 Å². The predicted octanol–water partition coefficient (Wildman–Crippen LogP) is 3.94. The molecule has 0 aliphatic carbocycles. The van der Waals surface area contributed by atoms with E-state index >= 15 is 0 Å². The largest absolute Gasteiger partial charge is 0.270 e. The highest BCUT2D eigenvalue weighted by Crippen LogP contribution is 2.23. The van der Waals surface area contributed by atoms with Crippen molar-refractivity contribution in [2.45, 2.75) is 26.7 Å². The summed E-state index contributed by atoms with van der Waals surface area (Å²) in [5, 5.41) is 8.45. The SMILES string of the molecule is CCCc1nnc(Cl)n1-c1ccc(Br)c(C)c1. The summed E-state index contributed by atoms with van der Waals surface area (Å²) in [6.45, 7) is 4.16. The molecule has 2 rings (SSSR count). The van der Waals surface area contributed by atoms with Gasteiger partial charge in [-0.05, 0) is 48.7 Å². The zero-order valence-corrected chi connectivity index (χ0v) is 12.1. The monoisotopic (exact) mass is 313 g/mol. The third-order valence-electron chi connectivity index (χ3n) is 2.56. The second-order valence-corrected chi connectivity index (χ2v) is 5.10. The molecule has 5 heteroatoms. The van der Waals surface area contributed by atoms with E-state index in [4.69, 9.17) is 11.6 Å². The lowest BCUT2D eigenvalue weighted by molar-refractivity contribution is 0.802. The summed E-state index contributed by atoms with van der Waals surface area (Å²) >= 11 is 9.57. The molecule has 0 aliphatic heterocycles. The van der Waals surface area contributed by atoms with Crippen LogP contribution in [0, 0.1) is 6.92 Å². The fourth-order valence-electron chi connectivity index (χ4n) is 1.70. The van der Waals surface area contributed by atoms with Crippen molar-refractivity contribution in [3.05, 3.63) is 39.3 Å². The summed E-state index contributed by atoms with van der Waals surface area (Å²) in [6.07, 6.45) is 1.89. The molecular weight excluding hydrogens is 302 g/mol. The minimum absolute atomic E-state index is 0.412. The molecule has 2 aromatic rings. The molecule has 1 aromatic heterocycles. The third kappa shape index (κ3) is 2.53. The quantitative estimate of drug-likeness (QED) is 0.859. The number of hydrogen-bond acceptors (Lipinski definition) is 2. The maximum atomic E-state index is 6.08. The highest BCUT2D eigenvalue weighted by atomic mass is 79.9. The fourth-order valence-corrected chi connectivity index (χ4v) is 2.18. The Morgan fingerprint density at radius 1 is 1.35 bits per heavy atom. The minimum atomic E-state index is 0.412. The summed E-state index contributed by atoms with van der Waals surface area (Å²) in [5.74, 6) is 0.902. The number of rotatable bonds is 3. The van der Waals surface area contributed by atoms with Crippen LogP contribution in [0.15, 0.2) is 22.7 Å². The van der Waals surface area contributed by atoms with Crippen molar-refractivity contribution in [1.29, 1.82) is 0 Å². The van der Waals surface area contributed by atoms with Gasteiger partial charge in [0.15, 0.2) is 0 Å². The minimum Gasteiger partial charge on any atom is -0.270 e. The van der Waals surface area contributed by atoms with E-state index in [1.165, 1.54) is 0 Å². The molecule has 1 aromatic carbocycles. The molecule has 0 unspecified atom stereocenters. The lowest BCUT2D eigenvalue weighted by Crippen LogP contribution is -2.01. The summed E-state index contributed by atoms with van der Waals surface area (Å²) in [5.41, 5.74) is 2.17. The van der Waals surface area contributed by atoms with Crippen molar-refractivity contribution in [2.75, 3.05) is 0 Å². The maximum absolute atomic E-state index is 6.08. The van der Waals surface area contributed by atoms with Crippen molar-refractivity contribution in [1.82, 2.24) is 14.8 Å². The third-order valence-corrected chi connectivity index (χ3v) is 3.70. The van der Waals surface area contributed by atoms with Crippen LogP contribution in [0.1, 0.15) is 24.7 Å². The van der Waals surface area contributed by atoms with Crippen molar-refractivity contribution < 1.29 is 0 Å². The molecule has 0 saturated heterocycles. The number of halogens is 2. The molecule has 0 radical (unpaired) electrons. The Bertz CT molecular complexity index is 537. The van der Waals surface area contributed by atoms with Crippen LogP contribution in [0.3, 0.4) is 0 Å². The van der Waals surface area contributed by atoms with Gasteiger partial charge in [0.25, 0.3) is 0 Å². The summed E-state index contributed by atoms with van der Waals surface area (Å²) in [6, 6.07) is 6.08. The second kappa shape index (κ2) is 5.19. The van der Waals surface area contributed by atoms with Crippen molar-refractivity contribution >= 4 is 27.5 Å². The number of aryl methyl sites for hydroxylation is 2. The molecule has 1 heterocycles. The highest BCUT2D eigenvalue weighted by Gasteiger charge is 2.11. The number of hydrogen-bond donors (Lipinski definition) is 0. The Hall–Kier alpha value is -0.870. The average Bonchev–Trinajstić information content (AvgIpc) is 2.65. The van der Waals surface area contributed by atoms with Crippen LogP contribution in [0.2, 0.25) is 5.28 Å². The van der Waals surface area contributed by atoms with Gasteiger partial charge in [-0.25, -0.2) is 0 Å². The standard InChI is InChI=1S/C12H13BrClN3/c1-3-4-11-15-16-12(14)17(11)9-5-6-10(13)8(2)7-9/h5-7H,3-4H2,1-2H3. The molecule has 90 valence electrons. The van der Waals surface area contributed by atoms with Crippen LogP contribution >= 0.6 is 27.5 Å². The summed E-state index contributed by atoms with van der Waals surface area (Å²) < 4.78 is 2.98. The molecule has 0 atom stereocenters. The van der Waals surface area contributed by atoms with Gasteiger partial charge in [0.1, 0.15) is 5.82 Å². The van der Waals surface area contributed by atoms with Crippen LogP contribution in [-0.4, -0.2) is 14.8 Å². The van der Waals surface area contributed by atoms with Crippen LogP contribution in [0.25, 0.3) is 5.69 Å². The van der Waals surface area contributed by atoms with Crippen LogP contribution in [0.5, 0.6) is 0 Å². The van der Waals surface area contributed by atoms with E-state index in [1.54, 1.807) is 0 Å². The number of aromatic nitrogens is 3.